The van der Waals surface area contributed by atoms with Crippen molar-refractivity contribution in [2.45, 2.75) is 9.79 Å². The van der Waals surface area contributed by atoms with Crippen LogP contribution >= 0.6 is 23.5 Å². The van der Waals surface area contributed by atoms with Crippen molar-refractivity contribution >= 4 is 46.3 Å². The van der Waals surface area contributed by atoms with E-state index >= 15 is 0 Å². The van der Waals surface area contributed by atoms with Crippen molar-refractivity contribution in [1.29, 1.82) is 5.26 Å². The Morgan fingerprint density at radius 2 is 1.90 bits per heavy atom. The van der Waals surface area contributed by atoms with Crippen molar-refractivity contribution in [1.82, 2.24) is 10.2 Å². The summed E-state index contributed by atoms with van der Waals surface area (Å²) < 4.78 is 0. The average Bonchev–Trinajstić information content (AvgIpc) is 3.08. The van der Waals surface area contributed by atoms with Crippen LogP contribution in [0.4, 0.5) is 10.5 Å². The number of carbonyl (C=O) groups is 3. The van der Waals surface area contributed by atoms with Crippen molar-refractivity contribution in [3.8, 4) is 6.07 Å². The number of nitrogens with zero attached hydrogens (tertiary/aromatic N) is 2. The maximum atomic E-state index is 12.5. The molecule has 0 bridgehead atoms. The first-order valence-corrected chi connectivity index (χ1v) is 10.8. The molecular formula is C21H18N4O3S2. The minimum Gasteiger partial charge on any atom is -0.388 e. The number of para-hydroxylation sites is 1. The Bertz CT molecular complexity index is 1000. The van der Waals surface area contributed by atoms with Crippen LogP contribution in [0.5, 0.6) is 0 Å². The molecule has 2 N–H and O–H groups in total. The van der Waals surface area contributed by atoms with Crippen molar-refractivity contribution < 1.29 is 14.4 Å². The Morgan fingerprint density at radius 1 is 1.17 bits per heavy atom. The van der Waals surface area contributed by atoms with Gasteiger partial charge in [-0.3, -0.25) is 19.3 Å². The van der Waals surface area contributed by atoms with E-state index in [2.05, 4.69) is 10.6 Å². The van der Waals surface area contributed by atoms with Gasteiger partial charge in [-0.15, -0.1) is 0 Å². The second-order valence-corrected chi connectivity index (χ2v) is 8.13. The summed E-state index contributed by atoms with van der Waals surface area (Å²) in [6.45, 7) is 0.426. The number of hydrogen-bond acceptors (Lipinski definition) is 7. The molecule has 0 atom stereocenters. The van der Waals surface area contributed by atoms with Crippen molar-refractivity contribution in [3.05, 3.63) is 66.4 Å². The lowest BCUT2D eigenvalue weighted by Crippen LogP contribution is -2.34. The van der Waals surface area contributed by atoms with Crippen LogP contribution in [0.1, 0.15) is 0 Å². The van der Waals surface area contributed by atoms with Crippen LogP contribution in [0.15, 0.2) is 76.2 Å². The smallest absolute Gasteiger partial charge is 0.288 e. The highest BCUT2D eigenvalue weighted by Crippen LogP contribution is 2.33. The molecule has 0 aliphatic carbocycles. The quantitative estimate of drug-likeness (QED) is 0.370. The molecule has 1 heterocycles. The van der Waals surface area contributed by atoms with Crippen molar-refractivity contribution in [3.63, 3.8) is 0 Å². The largest absolute Gasteiger partial charge is 0.388 e. The summed E-state index contributed by atoms with van der Waals surface area (Å²) in [7, 11) is 0. The lowest BCUT2D eigenvalue weighted by molar-refractivity contribution is -0.124. The minimum absolute atomic E-state index is 0.108. The summed E-state index contributed by atoms with van der Waals surface area (Å²) >= 11 is 2.47. The summed E-state index contributed by atoms with van der Waals surface area (Å²) in [5.74, 6) is -0.627. The normalized spacial score (nSPS) is 13.8. The molecule has 7 nitrogen and oxygen atoms in total. The van der Waals surface area contributed by atoms with E-state index in [1.165, 1.54) is 18.0 Å². The molecule has 0 spiro atoms. The third-order valence-corrected chi connectivity index (χ3v) is 5.98. The SMILES string of the molecule is N#C/C(=C/NCCN1C(=O)CSC1=O)C(=O)Nc1ccccc1Sc1ccccc1. The fourth-order valence-electron chi connectivity index (χ4n) is 2.56. The highest BCUT2D eigenvalue weighted by atomic mass is 32.2. The molecule has 0 saturated carbocycles. The van der Waals surface area contributed by atoms with Crippen LogP contribution in [-0.4, -0.2) is 40.8 Å². The van der Waals surface area contributed by atoms with Crippen LogP contribution in [0.25, 0.3) is 0 Å². The number of hydrogen-bond donors (Lipinski definition) is 2. The Labute approximate surface area is 182 Å². The van der Waals surface area contributed by atoms with Gasteiger partial charge in [0.2, 0.25) is 5.91 Å². The van der Waals surface area contributed by atoms with Crippen LogP contribution in [0, 0.1) is 11.3 Å². The molecule has 0 radical (unpaired) electrons. The number of benzene rings is 2. The predicted octanol–water partition coefficient (Wildman–Crippen LogP) is 3.47. The molecule has 152 valence electrons. The van der Waals surface area contributed by atoms with E-state index in [0.29, 0.717) is 5.69 Å². The number of nitriles is 1. The molecule has 0 unspecified atom stereocenters. The molecule has 0 aromatic heterocycles. The lowest BCUT2D eigenvalue weighted by Gasteiger charge is -2.12. The van der Waals surface area contributed by atoms with Gasteiger partial charge in [0, 0.05) is 29.1 Å². The Balaban J connectivity index is 1.60. The third-order valence-electron chi connectivity index (χ3n) is 4.04. The number of rotatable bonds is 8. The fourth-order valence-corrected chi connectivity index (χ4v) is 4.23. The zero-order valence-electron chi connectivity index (χ0n) is 15.8. The number of imide groups is 1. The number of carbonyl (C=O) groups excluding carboxylic acids is 3. The number of amides is 3. The topological polar surface area (TPSA) is 102 Å². The molecule has 1 aliphatic rings. The lowest BCUT2D eigenvalue weighted by atomic mass is 10.2. The molecule has 9 heteroatoms. The van der Waals surface area contributed by atoms with E-state index in [1.807, 2.05) is 48.5 Å². The van der Waals surface area contributed by atoms with Gasteiger partial charge in [0.25, 0.3) is 11.1 Å². The van der Waals surface area contributed by atoms with Gasteiger partial charge in [-0.25, -0.2) is 0 Å². The summed E-state index contributed by atoms with van der Waals surface area (Å²) in [6.07, 6.45) is 1.29. The molecule has 1 aliphatic heterocycles. The van der Waals surface area contributed by atoms with E-state index in [9.17, 15) is 19.6 Å². The monoisotopic (exact) mass is 438 g/mol. The van der Waals surface area contributed by atoms with Crippen LogP contribution < -0.4 is 10.6 Å². The molecule has 30 heavy (non-hydrogen) atoms. The van der Waals surface area contributed by atoms with Crippen molar-refractivity contribution in [2.24, 2.45) is 0 Å². The van der Waals surface area contributed by atoms with Gasteiger partial charge < -0.3 is 10.6 Å². The maximum Gasteiger partial charge on any atom is 0.288 e. The van der Waals surface area contributed by atoms with Crippen LogP contribution in [0.3, 0.4) is 0 Å². The summed E-state index contributed by atoms with van der Waals surface area (Å²) in [4.78, 5) is 38.7. The molecule has 1 fully saturated rings. The highest BCUT2D eigenvalue weighted by molar-refractivity contribution is 8.14. The fraction of sp³-hybridized carbons (Fsp3) is 0.143. The minimum atomic E-state index is -0.546. The second-order valence-electron chi connectivity index (χ2n) is 6.09. The number of nitrogens with one attached hydrogen (secondary N) is 2. The molecule has 2 aromatic carbocycles. The van der Waals surface area contributed by atoms with Gasteiger partial charge in [0.05, 0.1) is 11.4 Å². The first-order chi connectivity index (χ1) is 14.6. The molecular weight excluding hydrogens is 420 g/mol. The summed E-state index contributed by atoms with van der Waals surface area (Å²) in [5.41, 5.74) is 0.491. The van der Waals surface area contributed by atoms with E-state index in [1.54, 1.807) is 12.1 Å². The van der Waals surface area contributed by atoms with Crippen molar-refractivity contribution in [2.75, 3.05) is 24.2 Å². The van der Waals surface area contributed by atoms with Gasteiger partial charge in [0.15, 0.2) is 0 Å². The van der Waals surface area contributed by atoms with Gasteiger partial charge >= 0.3 is 0 Å². The van der Waals surface area contributed by atoms with Gasteiger partial charge in [-0.2, -0.15) is 5.26 Å². The molecule has 3 amide bonds. The Kier molecular flexibility index (Phi) is 7.54. The maximum absolute atomic E-state index is 12.5. The third kappa shape index (κ3) is 5.65. The molecule has 2 aromatic rings. The first-order valence-electron chi connectivity index (χ1n) is 9.02. The zero-order valence-corrected chi connectivity index (χ0v) is 17.5. The van der Waals surface area contributed by atoms with E-state index in [0.717, 1.165) is 26.5 Å². The van der Waals surface area contributed by atoms with E-state index in [4.69, 9.17) is 0 Å². The van der Waals surface area contributed by atoms with Crippen LogP contribution in [-0.2, 0) is 9.59 Å². The Morgan fingerprint density at radius 3 is 2.60 bits per heavy atom. The van der Waals surface area contributed by atoms with E-state index in [-0.39, 0.29) is 35.6 Å². The molecule has 3 rings (SSSR count). The average molecular weight is 439 g/mol. The predicted molar refractivity (Wildman–Crippen MR) is 117 cm³/mol. The standard InChI is InChI=1S/C21H18N4O3S2/c22-12-15(13-23-10-11-25-19(26)14-29-21(25)28)20(27)24-17-8-4-5-9-18(17)30-16-6-2-1-3-7-16/h1-9,13,23H,10-11,14H2,(H,24,27)/b15-13-. The van der Waals surface area contributed by atoms with Gasteiger partial charge in [-0.05, 0) is 24.3 Å². The first kappa shape index (κ1) is 21.5. The van der Waals surface area contributed by atoms with Gasteiger partial charge in [0.1, 0.15) is 11.6 Å². The van der Waals surface area contributed by atoms with E-state index < -0.39 is 5.91 Å². The zero-order chi connectivity index (χ0) is 21.3. The van der Waals surface area contributed by atoms with Crippen LogP contribution in [0.2, 0.25) is 0 Å². The Hall–Kier alpha value is -3.22. The number of anilines is 1. The number of thioether (sulfide) groups is 1. The van der Waals surface area contributed by atoms with Gasteiger partial charge in [-0.1, -0.05) is 53.9 Å². The summed E-state index contributed by atoms with van der Waals surface area (Å²) in [6, 6.07) is 19.0. The summed E-state index contributed by atoms with van der Waals surface area (Å²) in [5, 5.41) is 14.6. The highest BCUT2D eigenvalue weighted by Gasteiger charge is 2.29. The second kappa shape index (κ2) is 10.5. The molecule has 1 saturated heterocycles.